The predicted molar refractivity (Wildman–Crippen MR) is 97.7 cm³/mol. The molecule has 2 nitrogen and oxygen atoms in total. The highest BCUT2D eigenvalue weighted by Crippen LogP contribution is 2.47. The van der Waals surface area contributed by atoms with Crippen molar-refractivity contribution in [2.75, 3.05) is 11.5 Å². The minimum absolute atomic E-state index is 0.0173. The van der Waals surface area contributed by atoms with Crippen LogP contribution in [0.15, 0.2) is 60.7 Å². The van der Waals surface area contributed by atoms with Crippen molar-refractivity contribution in [2.45, 2.75) is 18.5 Å². The molecule has 132 valence electrons. The zero-order valence-corrected chi connectivity index (χ0v) is 13.8. The van der Waals surface area contributed by atoms with Crippen molar-refractivity contribution in [1.29, 1.82) is 0 Å². The molecule has 3 aromatic carbocycles. The number of nitrogens with two attached hydrogens (primary N) is 2. The number of halogens is 3. The highest BCUT2D eigenvalue weighted by atomic mass is 19.4. The number of hydrogen-bond donors (Lipinski definition) is 2. The fraction of sp³-hybridized carbons (Fsp3) is 0.143. The molecular weight excluding hydrogens is 337 g/mol. The maximum atomic E-state index is 12.8. The number of hydrogen-bond acceptors (Lipinski definition) is 2. The number of alkyl halides is 3. The molecule has 0 aromatic heterocycles. The van der Waals surface area contributed by atoms with Gasteiger partial charge in [-0.1, -0.05) is 24.3 Å². The molecule has 0 radical (unpaired) electrons. The first-order valence-electron chi connectivity index (χ1n) is 8.28. The molecule has 4 rings (SSSR count). The summed E-state index contributed by atoms with van der Waals surface area (Å²) in [5.74, 6) is 0.0173. The summed E-state index contributed by atoms with van der Waals surface area (Å²) in [6.45, 7) is 0. The summed E-state index contributed by atoms with van der Waals surface area (Å²) < 4.78 is 38.3. The van der Waals surface area contributed by atoms with Crippen LogP contribution in [0.3, 0.4) is 0 Å². The van der Waals surface area contributed by atoms with Crippen molar-refractivity contribution in [2.24, 2.45) is 0 Å². The van der Waals surface area contributed by atoms with Crippen LogP contribution in [0.5, 0.6) is 0 Å². The maximum Gasteiger partial charge on any atom is 0.416 e. The van der Waals surface area contributed by atoms with E-state index in [0.717, 1.165) is 39.9 Å². The summed E-state index contributed by atoms with van der Waals surface area (Å²) >= 11 is 0. The van der Waals surface area contributed by atoms with Crippen LogP contribution in [0.4, 0.5) is 24.5 Å². The first kappa shape index (κ1) is 16.5. The largest absolute Gasteiger partial charge is 0.416 e. The van der Waals surface area contributed by atoms with Crippen molar-refractivity contribution in [3.8, 4) is 11.1 Å². The minimum Gasteiger partial charge on any atom is -0.399 e. The van der Waals surface area contributed by atoms with E-state index in [2.05, 4.69) is 0 Å². The number of benzene rings is 3. The predicted octanol–water partition coefficient (Wildman–Crippen LogP) is 5.22. The quantitative estimate of drug-likeness (QED) is 0.620. The highest BCUT2D eigenvalue weighted by molar-refractivity contribution is 5.82. The SMILES string of the molecule is Nc1ccc2c(c1)C(Cc1ccc(C(F)(F)F)cc1)c1cc(N)ccc1-2. The lowest BCUT2D eigenvalue weighted by Crippen LogP contribution is -2.06. The van der Waals surface area contributed by atoms with Crippen molar-refractivity contribution in [3.05, 3.63) is 82.9 Å². The molecule has 0 fully saturated rings. The Morgan fingerprint density at radius 1 is 0.731 bits per heavy atom. The standard InChI is InChI=1S/C21H17F3N2/c22-21(23,24)13-3-1-12(2-4-13)9-18-19-10-14(25)5-7-16(19)17-8-6-15(26)11-20(17)18/h1-8,10-11,18H,9,25-26H2. The van der Waals surface area contributed by atoms with Crippen LogP contribution in [-0.2, 0) is 12.6 Å². The van der Waals surface area contributed by atoms with E-state index in [1.54, 1.807) is 12.1 Å². The molecule has 0 saturated heterocycles. The van der Waals surface area contributed by atoms with Gasteiger partial charge in [-0.3, -0.25) is 0 Å². The highest BCUT2D eigenvalue weighted by Gasteiger charge is 2.31. The monoisotopic (exact) mass is 354 g/mol. The maximum absolute atomic E-state index is 12.8. The topological polar surface area (TPSA) is 52.0 Å². The molecule has 0 saturated carbocycles. The molecule has 0 aliphatic heterocycles. The summed E-state index contributed by atoms with van der Waals surface area (Å²) in [5.41, 5.74) is 17.9. The second-order valence-corrected chi connectivity index (χ2v) is 6.64. The summed E-state index contributed by atoms with van der Waals surface area (Å²) in [6, 6.07) is 16.9. The van der Waals surface area contributed by atoms with Gasteiger partial charge in [0.15, 0.2) is 0 Å². The lowest BCUT2D eigenvalue weighted by molar-refractivity contribution is -0.137. The molecule has 0 unspecified atom stereocenters. The van der Waals surface area contributed by atoms with Gasteiger partial charge in [0.2, 0.25) is 0 Å². The van der Waals surface area contributed by atoms with Gasteiger partial charge in [0, 0.05) is 17.3 Å². The molecule has 3 aromatic rings. The average molecular weight is 354 g/mol. The van der Waals surface area contributed by atoms with Crippen LogP contribution in [-0.4, -0.2) is 0 Å². The Morgan fingerprint density at radius 3 is 1.69 bits per heavy atom. The van der Waals surface area contributed by atoms with Gasteiger partial charge in [0.05, 0.1) is 5.56 Å². The van der Waals surface area contributed by atoms with Gasteiger partial charge in [-0.25, -0.2) is 0 Å². The van der Waals surface area contributed by atoms with Crippen molar-refractivity contribution < 1.29 is 13.2 Å². The van der Waals surface area contributed by atoms with E-state index >= 15 is 0 Å². The molecule has 0 heterocycles. The number of rotatable bonds is 2. The van der Waals surface area contributed by atoms with E-state index in [1.807, 2.05) is 36.4 Å². The fourth-order valence-corrected chi connectivity index (χ4v) is 3.68. The van der Waals surface area contributed by atoms with E-state index < -0.39 is 11.7 Å². The van der Waals surface area contributed by atoms with Crippen molar-refractivity contribution in [3.63, 3.8) is 0 Å². The summed E-state index contributed by atoms with van der Waals surface area (Å²) in [7, 11) is 0. The second kappa shape index (κ2) is 5.80. The molecule has 1 aliphatic carbocycles. The Labute approximate surface area is 149 Å². The third kappa shape index (κ3) is 2.79. The Hall–Kier alpha value is -2.95. The van der Waals surface area contributed by atoms with Crippen LogP contribution >= 0.6 is 0 Å². The number of anilines is 2. The first-order valence-corrected chi connectivity index (χ1v) is 8.28. The second-order valence-electron chi connectivity index (χ2n) is 6.64. The smallest absolute Gasteiger partial charge is 0.399 e. The molecule has 0 spiro atoms. The molecule has 5 heteroatoms. The van der Waals surface area contributed by atoms with Gasteiger partial charge in [0.1, 0.15) is 0 Å². The van der Waals surface area contributed by atoms with Crippen LogP contribution in [0.25, 0.3) is 11.1 Å². The lowest BCUT2D eigenvalue weighted by atomic mass is 9.89. The third-order valence-corrected chi connectivity index (χ3v) is 4.91. The summed E-state index contributed by atoms with van der Waals surface area (Å²) in [5, 5.41) is 0. The Balaban J connectivity index is 1.74. The third-order valence-electron chi connectivity index (χ3n) is 4.91. The molecule has 0 amide bonds. The minimum atomic E-state index is -4.33. The van der Waals surface area contributed by atoms with Crippen LogP contribution < -0.4 is 11.5 Å². The van der Waals surface area contributed by atoms with E-state index in [0.29, 0.717) is 17.8 Å². The Bertz CT molecular complexity index is 924. The molecule has 0 atom stereocenters. The van der Waals surface area contributed by atoms with Crippen molar-refractivity contribution >= 4 is 11.4 Å². The lowest BCUT2D eigenvalue weighted by Gasteiger charge is -2.15. The van der Waals surface area contributed by atoms with Gasteiger partial charge >= 0.3 is 6.18 Å². The van der Waals surface area contributed by atoms with Crippen LogP contribution in [0.1, 0.15) is 28.2 Å². The summed E-state index contributed by atoms with van der Waals surface area (Å²) in [4.78, 5) is 0. The zero-order valence-electron chi connectivity index (χ0n) is 13.8. The van der Waals surface area contributed by atoms with E-state index in [4.69, 9.17) is 11.5 Å². The molecule has 1 aliphatic rings. The van der Waals surface area contributed by atoms with Crippen molar-refractivity contribution in [1.82, 2.24) is 0 Å². The van der Waals surface area contributed by atoms with Crippen LogP contribution in [0.2, 0.25) is 0 Å². The number of fused-ring (bicyclic) bond motifs is 3. The Kier molecular flexibility index (Phi) is 3.68. The molecular formula is C21H17F3N2. The van der Waals surface area contributed by atoms with E-state index in [-0.39, 0.29) is 5.92 Å². The van der Waals surface area contributed by atoms with Gasteiger partial charge < -0.3 is 11.5 Å². The van der Waals surface area contributed by atoms with Gasteiger partial charge in [-0.05, 0) is 70.6 Å². The Morgan fingerprint density at radius 2 is 1.23 bits per heavy atom. The zero-order chi connectivity index (χ0) is 18.5. The molecule has 4 N–H and O–H groups in total. The van der Waals surface area contributed by atoms with Gasteiger partial charge in [-0.2, -0.15) is 13.2 Å². The molecule has 26 heavy (non-hydrogen) atoms. The normalized spacial score (nSPS) is 13.5. The van der Waals surface area contributed by atoms with Gasteiger partial charge in [0.25, 0.3) is 0 Å². The van der Waals surface area contributed by atoms with Gasteiger partial charge in [-0.15, -0.1) is 0 Å². The molecule has 0 bridgehead atoms. The van der Waals surface area contributed by atoms with E-state index in [9.17, 15) is 13.2 Å². The first-order chi connectivity index (χ1) is 12.3. The number of nitrogen functional groups attached to an aromatic ring is 2. The fourth-order valence-electron chi connectivity index (χ4n) is 3.68. The van der Waals surface area contributed by atoms with Crippen LogP contribution in [0, 0.1) is 0 Å². The van der Waals surface area contributed by atoms with E-state index in [1.165, 1.54) is 0 Å². The average Bonchev–Trinajstić information content (AvgIpc) is 2.87. The summed E-state index contributed by atoms with van der Waals surface area (Å²) in [6.07, 6.45) is -3.74.